The summed E-state index contributed by atoms with van der Waals surface area (Å²) in [4.78, 5) is 14.1. The van der Waals surface area contributed by atoms with E-state index in [0.717, 1.165) is 5.56 Å². The molecule has 0 unspecified atom stereocenters. The van der Waals surface area contributed by atoms with Gasteiger partial charge in [-0.3, -0.25) is 4.79 Å². The van der Waals surface area contributed by atoms with Gasteiger partial charge in [0.1, 0.15) is 5.76 Å². The van der Waals surface area contributed by atoms with Crippen LogP contribution >= 0.6 is 0 Å². The van der Waals surface area contributed by atoms with Crippen LogP contribution in [0.1, 0.15) is 11.3 Å². The van der Waals surface area contributed by atoms with Crippen molar-refractivity contribution in [3.8, 4) is 0 Å². The number of sulfonamides is 1. The third kappa shape index (κ3) is 4.00. The van der Waals surface area contributed by atoms with Crippen LogP contribution in [0.3, 0.4) is 0 Å². The SMILES string of the molecule is Cc1ccc(S(=O)(=O)N2CCN(C(=O)C=Cc3ccco3)CC2)cc1. The van der Waals surface area contributed by atoms with Gasteiger partial charge in [0.15, 0.2) is 0 Å². The average Bonchev–Trinajstić information content (AvgIpc) is 3.14. The lowest BCUT2D eigenvalue weighted by Gasteiger charge is -2.33. The molecule has 0 spiro atoms. The van der Waals surface area contributed by atoms with Crippen molar-refractivity contribution >= 4 is 22.0 Å². The van der Waals surface area contributed by atoms with Crippen molar-refractivity contribution in [1.29, 1.82) is 0 Å². The molecule has 1 aromatic carbocycles. The molecule has 6 nitrogen and oxygen atoms in total. The van der Waals surface area contributed by atoms with Crippen LogP contribution in [0.15, 0.2) is 58.1 Å². The van der Waals surface area contributed by atoms with E-state index in [1.54, 1.807) is 53.6 Å². The van der Waals surface area contributed by atoms with Gasteiger partial charge in [0, 0.05) is 32.3 Å². The van der Waals surface area contributed by atoms with Crippen LogP contribution in [0.4, 0.5) is 0 Å². The Kier molecular flexibility index (Phi) is 5.06. The van der Waals surface area contributed by atoms with Crippen LogP contribution in [0, 0.1) is 6.92 Å². The third-order valence-corrected chi connectivity index (χ3v) is 6.06. The van der Waals surface area contributed by atoms with E-state index in [0.29, 0.717) is 18.8 Å². The van der Waals surface area contributed by atoms with Crippen molar-refractivity contribution in [3.63, 3.8) is 0 Å². The molecule has 0 N–H and O–H groups in total. The minimum absolute atomic E-state index is 0.149. The standard InChI is InChI=1S/C18H20N2O4S/c1-15-4-7-17(8-5-15)25(22,23)20-12-10-19(11-13-20)18(21)9-6-16-3-2-14-24-16/h2-9,14H,10-13H2,1H3. The van der Waals surface area contributed by atoms with E-state index in [9.17, 15) is 13.2 Å². The summed E-state index contributed by atoms with van der Waals surface area (Å²) >= 11 is 0. The molecule has 0 atom stereocenters. The first-order valence-corrected chi connectivity index (χ1v) is 9.48. The number of carbonyl (C=O) groups excluding carboxylic acids is 1. The molecule has 1 aliphatic rings. The maximum atomic E-state index is 12.7. The van der Waals surface area contributed by atoms with Crippen molar-refractivity contribution in [2.45, 2.75) is 11.8 Å². The van der Waals surface area contributed by atoms with Crippen LogP contribution < -0.4 is 0 Å². The fourth-order valence-corrected chi connectivity index (χ4v) is 4.08. The zero-order valence-corrected chi connectivity index (χ0v) is 14.8. The first kappa shape index (κ1) is 17.4. The Balaban J connectivity index is 1.61. The van der Waals surface area contributed by atoms with Gasteiger partial charge in [0.25, 0.3) is 0 Å². The number of furan rings is 1. The maximum Gasteiger partial charge on any atom is 0.246 e. The third-order valence-electron chi connectivity index (χ3n) is 4.14. The van der Waals surface area contributed by atoms with E-state index in [2.05, 4.69) is 0 Å². The topological polar surface area (TPSA) is 70.8 Å². The molecule has 3 rings (SSSR count). The van der Waals surface area contributed by atoms with Crippen molar-refractivity contribution in [1.82, 2.24) is 9.21 Å². The zero-order valence-electron chi connectivity index (χ0n) is 14.0. The first-order chi connectivity index (χ1) is 12.0. The highest BCUT2D eigenvalue weighted by molar-refractivity contribution is 7.89. The number of benzene rings is 1. The Labute approximate surface area is 147 Å². The molecule has 7 heteroatoms. The van der Waals surface area contributed by atoms with Crippen molar-refractivity contribution in [2.75, 3.05) is 26.2 Å². The summed E-state index contributed by atoms with van der Waals surface area (Å²) in [7, 11) is -3.51. The molecule has 1 saturated heterocycles. The minimum atomic E-state index is -3.51. The number of hydrogen-bond donors (Lipinski definition) is 0. The Morgan fingerprint density at radius 3 is 2.36 bits per heavy atom. The van der Waals surface area contributed by atoms with Crippen LogP contribution in [0.25, 0.3) is 6.08 Å². The monoisotopic (exact) mass is 360 g/mol. The highest BCUT2D eigenvalue weighted by Gasteiger charge is 2.29. The molecular weight excluding hydrogens is 340 g/mol. The van der Waals surface area contributed by atoms with E-state index in [1.165, 1.54) is 10.4 Å². The number of rotatable bonds is 4. The van der Waals surface area contributed by atoms with Crippen molar-refractivity contribution < 1.29 is 17.6 Å². The smallest absolute Gasteiger partial charge is 0.246 e. The molecular formula is C18H20N2O4S. The van der Waals surface area contributed by atoms with Crippen LogP contribution in [0.2, 0.25) is 0 Å². The van der Waals surface area contributed by atoms with Crippen LogP contribution in [-0.4, -0.2) is 49.7 Å². The summed E-state index contributed by atoms with van der Waals surface area (Å²) in [5, 5.41) is 0. The summed E-state index contributed by atoms with van der Waals surface area (Å²) in [6.45, 7) is 3.23. The summed E-state index contributed by atoms with van der Waals surface area (Å²) in [6, 6.07) is 10.3. The largest absolute Gasteiger partial charge is 0.465 e. The Bertz CT molecular complexity index is 847. The van der Waals surface area contributed by atoms with Gasteiger partial charge in [-0.05, 0) is 37.3 Å². The fourth-order valence-electron chi connectivity index (χ4n) is 2.65. The molecule has 25 heavy (non-hydrogen) atoms. The van der Waals surface area contributed by atoms with Gasteiger partial charge in [-0.2, -0.15) is 4.31 Å². The summed E-state index contributed by atoms with van der Waals surface area (Å²) in [5.41, 5.74) is 1.01. The van der Waals surface area contributed by atoms with Crippen LogP contribution in [0.5, 0.6) is 0 Å². The number of piperazine rings is 1. The number of carbonyl (C=O) groups is 1. The van der Waals surface area contributed by atoms with Gasteiger partial charge in [0.05, 0.1) is 11.2 Å². The summed E-state index contributed by atoms with van der Waals surface area (Å²) in [5.74, 6) is 0.456. The fraction of sp³-hybridized carbons (Fsp3) is 0.278. The highest BCUT2D eigenvalue weighted by Crippen LogP contribution is 2.18. The van der Waals surface area contributed by atoms with Crippen molar-refractivity contribution in [3.05, 3.63) is 60.1 Å². The number of amides is 1. The van der Waals surface area contributed by atoms with E-state index in [1.807, 2.05) is 6.92 Å². The second-order valence-electron chi connectivity index (χ2n) is 5.89. The molecule has 1 aromatic heterocycles. The lowest BCUT2D eigenvalue weighted by molar-refractivity contribution is -0.127. The van der Waals surface area contributed by atoms with Gasteiger partial charge in [-0.1, -0.05) is 17.7 Å². The van der Waals surface area contributed by atoms with E-state index >= 15 is 0 Å². The minimum Gasteiger partial charge on any atom is -0.465 e. The van der Waals surface area contributed by atoms with Crippen LogP contribution in [-0.2, 0) is 14.8 Å². The second-order valence-corrected chi connectivity index (χ2v) is 7.83. The number of hydrogen-bond acceptors (Lipinski definition) is 4. The first-order valence-electron chi connectivity index (χ1n) is 8.04. The summed E-state index contributed by atoms with van der Waals surface area (Å²) in [6.07, 6.45) is 4.60. The van der Waals surface area contributed by atoms with Gasteiger partial charge < -0.3 is 9.32 Å². The quantitative estimate of drug-likeness (QED) is 0.783. The lowest BCUT2D eigenvalue weighted by atomic mass is 10.2. The molecule has 1 aliphatic heterocycles. The van der Waals surface area contributed by atoms with Gasteiger partial charge >= 0.3 is 0 Å². The second kappa shape index (κ2) is 7.25. The maximum absolute atomic E-state index is 12.7. The molecule has 0 bridgehead atoms. The van der Waals surface area contributed by atoms with E-state index < -0.39 is 10.0 Å². The van der Waals surface area contributed by atoms with Crippen molar-refractivity contribution in [2.24, 2.45) is 0 Å². The average molecular weight is 360 g/mol. The van der Waals surface area contributed by atoms with E-state index in [-0.39, 0.29) is 23.9 Å². The molecule has 0 radical (unpaired) electrons. The Morgan fingerprint density at radius 2 is 1.76 bits per heavy atom. The number of nitrogens with zero attached hydrogens (tertiary/aromatic N) is 2. The normalized spacial score (nSPS) is 16.4. The molecule has 2 heterocycles. The highest BCUT2D eigenvalue weighted by atomic mass is 32.2. The molecule has 2 aromatic rings. The molecule has 132 valence electrons. The summed E-state index contributed by atoms with van der Waals surface area (Å²) < 4.78 is 31.9. The zero-order chi connectivity index (χ0) is 17.9. The molecule has 1 fully saturated rings. The molecule has 0 aliphatic carbocycles. The van der Waals surface area contributed by atoms with Gasteiger partial charge in [-0.15, -0.1) is 0 Å². The molecule has 0 saturated carbocycles. The number of aryl methyl sites for hydroxylation is 1. The lowest BCUT2D eigenvalue weighted by Crippen LogP contribution is -2.50. The predicted molar refractivity (Wildman–Crippen MR) is 94.3 cm³/mol. The Hall–Kier alpha value is -2.38. The van der Waals surface area contributed by atoms with Gasteiger partial charge in [-0.25, -0.2) is 8.42 Å². The van der Waals surface area contributed by atoms with E-state index in [4.69, 9.17) is 4.42 Å². The van der Waals surface area contributed by atoms with Gasteiger partial charge in [0.2, 0.25) is 15.9 Å². The molecule has 1 amide bonds. The predicted octanol–water partition coefficient (Wildman–Crippen LogP) is 2.13. The Morgan fingerprint density at radius 1 is 1.08 bits per heavy atom.